The molecule has 0 aliphatic heterocycles. The maximum atomic E-state index is 13.3. The predicted octanol–water partition coefficient (Wildman–Crippen LogP) is 5.35. The fourth-order valence-electron chi connectivity index (χ4n) is 3.89. The Balaban J connectivity index is 1.71. The number of rotatable bonds is 7. The van der Waals surface area contributed by atoms with Gasteiger partial charge in [0.15, 0.2) is 22.5 Å². The first-order valence-electron chi connectivity index (χ1n) is 10.3. The van der Waals surface area contributed by atoms with Gasteiger partial charge in [0, 0.05) is 16.9 Å². The summed E-state index contributed by atoms with van der Waals surface area (Å²) >= 11 is 1.33. The number of carbonyl (C=O) groups is 2. The summed E-state index contributed by atoms with van der Waals surface area (Å²) in [6.45, 7) is 8.84. The molecule has 0 saturated carbocycles. The molecule has 3 aromatic heterocycles. The van der Waals surface area contributed by atoms with Crippen molar-refractivity contribution in [3.8, 4) is 17.1 Å². The van der Waals surface area contributed by atoms with E-state index in [2.05, 4.69) is 15.2 Å². The van der Waals surface area contributed by atoms with Crippen molar-refractivity contribution in [3.63, 3.8) is 0 Å². The summed E-state index contributed by atoms with van der Waals surface area (Å²) < 4.78 is 7.40. The number of aromatic nitrogens is 4. The summed E-state index contributed by atoms with van der Waals surface area (Å²) in [5.74, 6) is 1.24. The number of aryl methyl sites for hydroxylation is 2. The zero-order valence-corrected chi connectivity index (χ0v) is 19.4. The molecule has 164 valence electrons. The number of Topliss-reactive ketones (excluding diaryl/α,β-unsaturated/α-hetero) is 2. The van der Waals surface area contributed by atoms with E-state index in [1.165, 1.54) is 18.7 Å². The van der Waals surface area contributed by atoms with Crippen molar-refractivity contribution < 1.29 is 14.0 Å². The number of aromatic amines is 1. The summed E-state index contributed by atoms with van der Waals surface area (Å²) in [4.78, 5) is 28.3. The van der Waals surface area contributed by atoms with Gasteiger partial charge in [0.05, 0.1) is 22.8 Å². The number of nitrogens with one attached hydrogen (secondary N) is 1. The van der Waals surface area contributed by atoms with Gasteiger partial charge in [-0.2, -0.15) is 0 Å². The summed E-state index contributed by atoms with van der Waals surface area (Å²) in [6.07, 6.45) is 1.62. The summed E-state index contributed by atoms with van der Waals surface area (Å²) in [5, 5.41) is 8.95. The molecule has 0 bridgehead atoms. The van der Waals surface area contributed by atoms with Gasteiger partial charge < -0.3 is 9.40 Å². The van der Waals surface area contributed by atoms with E-state index in [0.717, 1.165) is 17.0 Å². The Morgan fingerprint density at radius 1 is 1.09 bits per heavy atom. The molecule has 4 aromatic rings. The van der Waals surface area contributed by atoms with E-state index in [1.807, 2.05) is 61.7 Å². The van der Waals surface area contributed by atoms with Gasteiger partial charge in [-0.05, 0) is 58.4 Å². The van der Waals surface area contributed by atoms with Gasteiger partial charge in [-0.25, -0.2) is 0 Å². The number of para-hydroxylation sites is 1. The van der Waals surface area contributed by atoms with E-state index in [9.17, 15) is 9.59 Å². The highest BCUT2D eigenvalue weighted by Crippen LogP contribution is 2.33. The lowest BCUT2D eigenvalue weighted by atomic mass is 10.0. The Morgan fingerprint density at radius 2 is 1.81 bits per heavy atom. The van der Waals surface area contributed by atoms with Crippen LogP contribution in [0.4, 0.5) is 0 Å². The number of hydrogen-bond acceptors (Lipinski definition) is 6. The lowest BCUT2D eigenvalue weighted by Gasteiger charge is -2.13. The highest BCUT2D eigenvalue weighted by molar-refractivity contribution is 8.00. The molecule has 8 heteroatoms. The number of hydrogen-bond donors (Lipinski definition) is 1. The molecule has 3 heterocycles. The third-order valence-electron chi connectivity index (χ3n) is 5.43. The monoisotopic (exact) mass is 448 g/mol. The van der Waals surface area contributed by atoms with Crippen LogP contribution in [0.25, 0.3) is 17.1 Å². The van der Waals surface area contributed by atoms with Crippen LogP contribution in [0.3, 0.4) is 0 Å². The molecule has 0 amide bonds. The predicted molar refractivity (Wildman–Crippen MR) is 124 cm³/mol. The average Bonchev–Trinajstić information content (AvgIpc) is 3.44. The van der Waals surface area contributed by atoms with Gasteiger partial charge in [0.1, 0.15) is 5.76 Å². The maximum absolute atomic E-state index is 13.3. The molecule has 1 unspecified atom stereocenters. The number of nitrogens with zero attached hydrogens (tertiary/aromatic N) is 3. The highest BCUT2D eigenvalue weighted by atomic mass is 32.2. The molecule has 0 spiro atoms. The number of carbonyl (C=O) groups excluding carboxylic acids is 2. The largest absolute Gasteiger partial charge is 0.469 e. The minimum absolute atomic E-state index is 0.0560. The van der Waals surface area contributed by atoms with Crippen LogP contribution in [0.1, 0.15) is 51.7 Å². The van der Waals surface area contributed by atoms with E-state index in [4.69, 9.17) is 4.42 Å². The lowest BCUT2D eigenvalue weighted by Crippen LogP contribution is -2.16. The zero-order chi connectivity index (χ0) is 23.0. The molecule has 1 atom stereocenters. The first-order chi connectivity index (χ1) is 15.3. The van der Waals surface area contributed by atoms with Gasteiger partial charge in [0.25, 0.3) is 0 Å². The molecule has 0 aliphatic carbocycles. The molecule has 1 N–H and O–H groups in total. The Bertz CT molecular complexity index is 1300. The number of thioether (sulfide) groups is 1. The third kappa shape index (κ3) is 3.82. The highest BCUT2D eigenvalue weighted by Gasteiger charge is 2.27. The summed E-state index contributed by atoms with van der Waals surface area (Å²) in [5.41, 5.74) is 4.17. The Kier molecular flexibility index (Phi) is 5.88. The van der Waals surface area contributed by atoms with Crippen molar-refractivity contribution in [2.45, 2.75) is 45.0 Å². The van der Waals surface area contributed by atoms with Crippen molar-refractivity contribution in [1.82, 2.24) is 19.7 Å². The van der Waals surface area contributed by atoms with Crippen LogP contribution < -0.4 is 0 Å². The standard InChI is InChI=1S/C24H24N4O3S/c1-13-20(15(3)29)14(2)25-21(13)22(30)17(5)32-24-27-26-23(19-11-12-31-16(19)4)28(24)18-9-7-6-8-10-18/h6-12,17,25H,1-5H3. The molecular weight excluding hydrogens is 424 g/mol. The van der Waals surface area contributed by atoms with E-state index in [-0.39, 0.29) is 11.6 Å². The molecular formula is C24H24N4O3S. The number of furan rings is 1. The SMILES string of the molecule is CC(=O)c1c(C)[nH]c(C(=O)C(C)Sc2nnc(-c3ccoc3C)n2-c2ccccc2)c1C. The first-order valence-corrected chi connectivity index (χ1v) is 11.1. The van der Waals surface area contributed by atoms with Crippen molar-refractivity contribution >= 4 is 23.3 Å². The van der Waals surface area contributed by atoms with Crippen LogP contribution in [0.5, 0.6) is 0 Å². The number of ketones is 2. The minimum Gasteiger partial charge on any atom is -0.469 e. The molecule has 0 saturated heterocycles. The van der Waals surface area contributed by atoms with Gasteiger partial charge in [-0.3, -0.25) is 14.2 Å². The molecule has 0 aliphatic rings. The Morgan fingerprint density at radius 3 is 2.41 bits per heavy atom. The fraction of sp³-hybridized carbons (Fsp3) is 0.250. The molecule has 4 rings (SSSR count). The lowest BCUT2D eigenvalue weighted by molar-refractivity contribution is 0.0988. The molecule has 32 heavy (non-hydrogen) atoms. The average molecular weight is 449 g/mol. The number of H-pyrrole nitrogens is 1. The Labute approximate surface area is 190 Å². The first kappa shape index (κ1) is 21.8. The van der Waals surface area contributed by atoms with Crippen LogP contribution in [0, 0.1) is 20.8 Å². The van der Waals surface area contributed by atoms with Gasteiger partial charge in [-0.1, -0.05) is 30.0 Å². The molecule has 7 nitrogen and oxygen atoms in total. The fourth-order valence-corrected chi connectivity index (χ4v) is 4.81. The number of benzene rings is 1. The van der Waals surface area contributed by atoms with Crippen LogP contribution in [0.2, 0.25) is 0 Å². The van der Waals surface area contributed by atoms with Crippen molar-refractivity contribution in [2.24, 2.45) is 0 Å². The smallest absolute Gasteiger partial charge is 0.196 e. The second-order valence-corrected chi connectivity index (χ2v) is 8.98. The van der Waals surface area contributed by atoms with Gasteiger partial charge >= 0.3 is 0 Å². The second kappa shape index (κ2) is 8.63. The van der Waals surface area contributed by atoms with Crippen molar-refractivity contribution in [3.05, 3.63) is 70.9 Å². The topological polar surface area (TPSA) is 93.8 Å². The molecule has 1 aromatic carbocycles. The van der Waals surface area contributed by atoms with Crippen LogP contribution in [-0.4, -0.2) is 36.6 Å². The van der Waals surface area contributed by atoms with E-state index in [1.54, 1.807) is 13.2 Å². The van der Waals surface area contributed by atoms with Crippen molar-refractivity contribution in [2.75, 3.05) is 0 Å². The zero-order valence-electron chi connectivity index (χ0n) is 18.6. The molecule has 0 radical (unpaired) electrons. The van der Waals surface area contributed by atoms with Crippen LogP contribution in [0.15, 0.2) is 52.2 Å². The summed E-state index contributed by atoms with van der Waals surface area (Å²) in [7, 11) is 0. The van der Waals surface area contributed by atoms with Crippen LogP contribution in [-0.2, 0) is 0 Å². The normalized spacial score (nSPS) is 12.2. The van der Waals surface area contributed by atoms with Gasteiger partial charge in [-0.15, -0.1) is 10.2 Å². The molecule has 0 fully saturated rings. The van der Waals surface area contributed by atoms with E-state index in [0.29, 0.717) is 33.5 Å². The quantitative estimate of drug-likeness (QED) is 0.303. The summed E-state index contributed by atoms with van der Waals surface area (Å²) in [6, 6.07) is 11.6. The van der Waals surface area contributed by atoms with E-state index >= 15 is 0 Å². The van der Waals surface area contributed by atoms with Crippen molar-refractivity contribution in [1.29, 1.82) is 0 Å². The van der Waals surface area contributed by atoms with Gasteiger partial charge in [0.2, 0.25) is 0 Å². The Hall–Kier alpha value is -3.39. The van der Waals surface area contributed by atoms with E-state index < -0.39 is 5.25 Å². The third-order valence-corrected chi connectivity index (χ3v) is 6.48. The maximum Gasteiger partial charge on any atom is 0.196 e. The van der Waals surface area contributed by atoms with Crippen LogP contribution >= 0.6 is 11.8 Å². The second-order valence-electron chi connectivity index (χ2n) is 7.67. The minimum atomic E-state index is -0.448.